The molecule has 0 aromatic heterocycles. The molecule has 0 aliphatic heterocycles. The van der Waals surface area contributed by atoms with Gasteiger partial charge in [-0.1, -0.05) is 19.9 Å². The molecular formula is C21H26O5. The Morgan fingerprint density at radius 2 is 1.65 bits per heavy atom. The van der Waals surface area contributed by atoms with Gasteiger partial charge in [-0.25, -0.2) is 0 Å². The van der Waals surface area contributed by atoms with Crippen molar-refractivity contribution in [1.29, 1.82) is 0 Å². The van der Waals surface area contributed by atoms with E-state index in [-0.39, 0.29) is 17.4 Å². The van der Waals surface area contributed by atoms with E-state index < -0.39 is 0 Å². The summed E-state index contributed by atoms with van der Waals surface area (Å²) in [4.78, 5) is 0. The van der Waals surface area contributed by atoms with Crippen LogP contribution in [0.4, 0.5) is 0 Å². The number of hydrogen-bond acceptors (Lipinski definition) is 5. The number of methoxy groups -OCH3 is 3. The number of phenols is 2. The lowest BCUT2D eigenvalue weighted by Gasteiger charge is -2.22. The number of hydrogen-bond donors (Lipinski definition) is 2. The van der Waals surface area contributed by atoms with E-state index in [0.717, 1.165) is 23.1 Å². The van der Waals surface area contributed by atoms with Crippen molar-refractivity contribution in [2.75, 3.05) is 21.3 Å². The van der Waals surface area contributed by atoms with Gasteiger partial charge in [0.05, 0.1) is 21.3 Å². The largest absolute Gasteiger partial charge is 0.504 e. The van der Waals surface area contributed by atoms with Crippen LogP contribution in [-0.2, 0) is 0 Å². The van der Waals surface area contributed by atoms with Gasteiger partial charge in [-0.05, 0) is 47.6 Å². The average Bonchev–Trinajstić information content (AvgIpc) is 2.92. The van der Waals surface area contributed by atoms with Gasteiger partial charge in [-0.2, -0.15) is 0 Å². The zero-order chi connectivity index (χ0) is 19.0. The smallest absolute Gasteiger partial charge is 0.201 e. The Kier molecular flexibility index (Phi) is 4.90. The van der Waals surface area contributed by atoms with E-state index in [1.165, 1.54) is 7.11 Å². The standard InChI is InChI=1S/C21H26O5/c1-6-13-11(2)18(12-7-8-15(22)16(9-12)24-3)19-14(13)10-17(25-4)20(23)21(19)26-5/h7-11,13,18,22-23H,6H2,1-5H3/t11-,13+,18-/m0/s1. The minimum Gasteiger partial charge on any atom is -0.504 e. The van der Waals surface area contributed by atoms with Crippen LogP contribution in [0.25, 0.3) is 0 Å². The van der Waals surface area contributed by atoms with Gasteiger partial charge in [0.25, 0.3) is 0 Å². The van der Waals surface area contributed by atoms with Crippen LogP contribution < -0.4 is 14.2 Å². The molecule has 0 amide bonds. The Morgan fingerprint density at radius 3 is 2.23 bits per heavy atom. The fraction of sp³-hybridized carbons (Fsp3) is 0.429. The Balaban J connectivity index is 2.26. The number of rotatable bonds is 5. The van der Waals surface area contributed by atoms with Crippen molar-refractivity contribution in [3.63, 3.8) is 0 Å². The van der Waals surface area contributed by atoms with Crippen molar-refractivity contribution in [2.24, 2.45) is 5.92 Å². The van der Waals surface area contributed by atoms with Crippen LogP contribution >= 0.6 is 0 Å². The van der Waals surface area contributed by atoms with Gasteiger partial charge < -0.3 is 24.4 Å². The highest BCUT2D eigenvalue weighted by atomic mass is 16.5. The first kappa shape index (κ1) is 18.2. The quantitative estimate of drug-likeness (QED) is 0.829. The molecule has 3 atom stereocenters. The van der Waals surface area contributed by atoms with Crippen LogP contribution in [0.5, 0.6) is 28.7 Å². The van der Waals surface area contributed by atoms with E-state index >= 15 is 0 Å². The van der Waals surface area contributed by atoms with Crippen LogP contribution in [0.2, 0.25) is 0 Å². The molecule has 140 valence electrons. The summed E-state index contributed by atoms with van der Waals surface area (Å²) in [7, 11) is 4.65. The van der Waals surface area contributed by atoms with E-state index in [4.69, 9.17) is 14.2 Å². The van der Waals surface area contributed by atoms with Gasteiger partial charge in [-0.15, -0.1) is 0 Å². The molecule has 5 nitrogen and oxygen atoms in total. The van der Waals surface area contributed by atoms with E-state index in [2.05, 4.69) is 13.8 Å². The SMILES string of the molecule is CC[C@H]1c2cc(OC)c(O)c(OC)c2[C@H](c2ccc(O)c(OC)c2)[C@H]1C. The predicted molar refractivity (Wildman–Crippen MR) is 99.9 cm³/mol. The highest BCUT2D eigenvalue weighted by Gasteiger charge is 2.42. The second-order valence-corrected chi connectivity index (χ2v) is 6.75. The summed E-state index contributed by atoms with van der Waals surface area (Å²) in [6, 6.07) is 7.34. The summed E-state index contributed by atoms with van der Waals surface area (Å²) < 4.78 is 16.2. The third-order valence-corrected chi connectivity index (χ3v) is 5.59. The van der Waals surface area contributed by atoms with Gasteiger partial charge in [0.2, 0.25) is 5.75 Å². The highest BCUT2D eigenvalue weighted by Crippen LogP contribution is 2.58. The fourth-order valence-electron chi connectivity index (χ4n) is 4.38. The maximum absolute atomic E-state index is 10.6. The van der Waals surface area contributed by atoms with Gasteiger partial charge in [0.15, 0.2) is 23.0 Å². The topological polar surface area (TPSA) is 68.2 Å². The molecule has 0 fully saturated rings. The Hall–Kier alpha value is -2.56. The molecule has 1 aliphatic carbocycles. The molecule has 5 heteroatoms. The molecule has 0 heterocycles. The number of phenolic OH excluding ortho intramolecular Hbond substituents is 2. The van der Waals surface area contributed by atoms with Gasteiger partial charge in [-0.3, -0.25) is 0 Å². The summed E-state index contributed by atoms with van der Waals surface area (Å²) in [5, 5.41) is 20.5. The average molecular weight is 358 g/mol. The second kappa shape index (κ2) is 6.98. The van der Waals surface area contributed by atoms with Gasteiger partial charge >= 0.3 is 0 Å². The monoisotopic (exact) mass is 358 g/mol. The van der Waals surface area contributed by atoms with Crippen LogP contribution in [0.3, 0.4) is 0 Å². The highest BCUT2D eigenvalue weighted by molar-refractivity contribution is 5.64. The molecule has 2 N–H and O–H groups in total. The first-order valence-corrected chi connectivity index (χ1v) is 8.83. The molecule has 0 saturated heterocycles. The molecule has 26 heavy (non-hydrogen) atoms. The first-order valence-electron chi connectivity index (χ1n) is 8.83. The zero-order valence-corrected chi connectivity index (χ0v) is 15.9. The zero-order valence-electron chi connectivity index (χ0n) is 15.9. The van der Waals surface area contributed by atoms with Gasteiger partial charge in [0.1, 0.15) is 0 Å². The lowest BCUT2D eigenvalue weighted by atomic mass is 9.82. The third-order valence-electron chi connectivity index (χ3n) is 5.59. The van der Waals surface area contributed by atoms with Crippen LogP contribution in [0.1, 0.15) is 48.8 Å². The number of benzene rings is 2. The molecule has 0 unspecified atom stereocenters. The first-order chi connectivity index (χ1) is 12.5. The van der Waals surface area contributed by atoms with E-state index in [1.807, 2.05) is 18.2 Å². The van der Waals surface area contributed by atoms with Crippen molar-refractivity contribution in [3.8, 4) is 28.7 Å². The van der Waals surface area contributed by atoms with Crippen LogP contribution in [-0.4, -0.2) is 31.5 Å². The minimum atomic E-state index is 0.0217. The number of ether oxygens (including phenoxy) is 3. The molecule has 0 bridgehead atoms. The van der Waals surface area contributed by atoms with Crippen LogP contribution in [0.15, 0.2) is 24.3 Å². The van der Waals surface area contributed by atoms with E-state index in [1.54, 1.807) is 20.3 Å². The molecule has 0 saturated carbocycles. The van der Waals surface area contributed by atoms with Crippen molar-refractivity contribution >= 4 is 0 Å². The van der Waals surface area contributed by atoms with Crippen molar-refractivity contribution in [2.45, 2.75) is 32.1 Å². The molecule has 3 rings (SSSR count). The van der Waals surface area contributed by atoms with Crippen molar-refractivity contribution in [1.82, 2.24) is 0 Å². The maximum atomic E-state index is 10.6. The molecule has 0 radical (unpaired) electrons. The molecule has 2 aromatic carbocycles. The lowest BCUT2D eigenvalue weighted by Crippen LogP contribution is -2.10. The summed E-state index contributed by atoms with van der Waals surface area (Å²) in [5.41, 5.74) is 3.15. The second-order valence-electron chi connectivity index (χ2n) is 6.75. The minimum absolute atomic E-state index is 0.0217. The predicted octanol–water partition coefficient (Wildman–Crippen LogP) is 4.40. The van der Waals surface area contributed by atoms with E-state index in [0.29, 0.717) is 29.1 Å². The molecule has 0 spiro atoms. The Bertz CT molecular complexity index is 815. The lowest BCUT2D eigenvalue weighted by molar-refractivity contribution is 0.336. The van der Waals surface area contributed by atoms with E-state index in [9.17, 15) is 10.2 Å². The normalized spacial score (nSPS) is 21.3. The summed E-state index contributed by atoms with van der Waals surface area (Å²) in [6.07, 6.45) is 0.969. The summed E-state index contributed by atoms with van der Waals surface area (Å²) in [5.74, 6) is 2.09. The number of fused-ring (bicyclic) bond motifs is 1. The maximum Gasteiger partial charge on any atom is 0.201 e. The Labute approximate surface area is 154 Å². The molecule has 2 aromatic rings. The fourth-order valence-corrected chi connectivity index (χ4v) is 4.38. The molecular weight excluding hydrogens is 332 g/mol. The van der Waals surface area contributed by atoms with Crippen molar-refractivity contribution in [3.05, 3.63) is 41.0 Å². The third kappa shape index (κ3) is 2.62. The summed E-state index contributed by atoms with van der Waals surface area (Å²) in [6.45, 7) is 4.37. The Morgan fingerprint density at radius 1 is 0.962 bits per heavy atom. The van der Waals surface area contributed by atoms with Gasteiger partial charge in [0, 0.05) is 11.5 Å². The van der Waals surface area contributed by atoms with Crippen LogP contribution in [0, 0.1) is 5.92 Å². The number of aromatic hydroxyl groups is 2. The van der Waals surface area contributed by atoms with Crippen molar-refractivity contribution < 1.29 is 24.4 Å². The summed E-state index contributed by atoms with van der Waals surface area (Å²) >= 11 is 0. The molecule has 1 aliphatic rings.